The molecule has 0 heterocycles. The topological polar surface area (TPSA) is 40.5 Å². The standard InChI is InChI=1S/C16H23NO2S/c1-4-20-14-7-5-6-13(15(14)16(18)19)17(10-11(2)3)12-8-9-12/h5-7,11-12H,4,8-10H2,1-3H3,(H,18,19). The molecule has 3 nitrogen and oxygen atoms in total. The first kappa shape index (κ1) is 15.2. The molecule has 0 saturated heterocycles. The number of carbonyl (C=O) groups is 1. The predicted octanol–water partition coefficient (Wildman–Crippen LogP) is 4.12. The van der Waals surface area contributed by atoms with E-state index in [0.29, 0.717) is 17.5 Å². The van der Waals surface area contributed by atoms with Crippen molar-refractivity contribution in [3.8, 4) is 0 Å². The van der Waals surface area contributed by atoms with Gasteiger partial charge in [0.1, 0.15) is 0 Å². The summed E-state index contributed by atoms with van der Waals surface area (Å²) in [7, 11) is 0. The van der Waals surface area contributed by atoms with Gasteiger partial charge in [-0.2, -0.15) is 0 Å². The van der Waals surface area contributed by atoms with E-state index >= 15 is 0 Å². The van der Waals surface area contributed by atoms with Crippen LogP contribution in [0, 0.1) is 5.92 Å². The van der Waals surface area contributed by atoms with E-state index in [-0.39, 0.29) is 0 Å². The summed E-state index contributed by atoms with van der Waals surface area (Å²) >= 11 is 1.61. The number of nitrogens with zero attached hydrogens (tertiary/aromatic N) is 1. The number of carboxylic acids is 1. The molecule has 1 aliphatic rings. The zero-order valence-corrected chi connectivity index (χ0v) is 13.2. The maximum absolute atomic E-state index is 11.7. The maximum Gasteiger partial charge on any atom is 0.338 e. The average molecular weight is 293 g/mol. The Labute approximate surface area is 125 Å². The van der Waals surface area contributed by atoms with E-state index in [1.165, 1.54) is 12.8 Å². The normalized spacial score (nSPS) is 14.6. The van der Waals surface area contributed by atoms with Crippen LogP contribution >= 0.6 is 11.8 Å². The van der Waals surface area contributed by atoms with Crippen LogP contribution in [0.15, 0.2) is 23.1 Å². The number of hydrogen-bond acceptors (Lipinski definition) is 3. The van der Waals surface area contributed by atoms with Crippen LogP contribution in [0.5, 0.6) is 0 Å². The molecule has 0 atom stereocenters. The van der Waals surface area contributed by atoms with Gasteiger partial charge in [0.15, 0.2) is 0 Å². The van der Waals surface area contributed by atoms with Gasteiger partial charge in [-0.3, -0.25) is 0 Å². The molecule has 0 spiro atoms. The summed E-state index contributed by atoms with van der Waals surface area (Å²) in [6, 6.07) is 6.39. The van der Waals surface area contributed by atoms with Gasteiger partial charge in [-0.1, -0.05) is 26.8 Å². The molecular weight excluding hydrogens is 270 g/mol. The van der Waals surface area contributed by atoms with E-state index in [1.807, 2.05) is 18.2 Å². The summed E-state index contributed by atoms with van der Waals surface area (Å²) in [6.07, 6.45) is 2.36. The lowest BCUT2D eigenvalue weighted by Crippen LogP contribution is -2.31. The Morgan fingerprint density at radius 3 is 2.65 bits per heavy atom. The van der Waals surface area contributed by atoms with Gasteiger partial charge in [-0.25, -0.2) is 4.79 Å². The van der Waals surface area contributed by atoms with E-state index in [1.54, 1.807) is 11.8 Å². The Hall–Kier alpha value is -1.16. The molecule has 0 unspecified atom stereocenters. The molecule has 1 aromatic carbocycles. The largest absolute Gasteiger partial charge is 0.478 e. The Balaban J connectivity index is 2.42. The van der Waals surface area contributed by atoms with Gasteiger partial charge in [-0.05, 0) is 36.6 Å². The lowest BCUT2D eigenvalue weighted by Gasteiger charge is -2.28. The van der Waals surface area contributed by atoms with Crippen molar-refractivity contribution in [2.24, 2.45) is 5.92 Å². The predicted molar refractivity (Wildman–Crippen MR) is 85.0 cm³/mol. The summed E-state index contributed by atoms with van der Waals surface area (Å²) in [6.45, 7) is 7.34. The van der Waals surface area contributed by atoms with Crippen LogP contribution in [-0.4, -0.2) is 29.4 Å². The summed E-state index contributed by atoms with van der Waals surface area (Å²) < 4.78 is 0. The third-order valence-corrected chi connectivity index (χ3v) is 4.32. The first-order valence-electron chi connectivity index (χ1n) is 7.30. The van der Waals surface area contributed by atoms with Gasteiger partial charge in [0.25, 0.3) is 0 Å². The zero-order valence-electron chi connectivity index (χ0n) is 12.4. The number of carboxylic acid groups (broad SMARTS) is 1. The molecule has 1 aliphatic carbocycles. The molecule has 0 aliphatic heterocycles. The minimum absolute atomic E-state index is 0.479. The number of hydrogen-bond donors (Lipinski definition) is 1. The second kappa shape index (κ2) is 6.53. The maximum atomic E-state index is 11.7. The first-order chi connectivity index (χ1) is 9.54. The van der Waals surface area contributed by atoms with Gasteiger partial charge in [0.05, 0.1) is 11.3 Å². The molecule has 20 heavy (non-hydrogen) atoms. The fourth-order valence-corrected chi connectivity index (χ4v) is 3.30. The molecule has 0 radical (unpaired) electrons. The van der Waals surface area contributed by atoms with E-state index in [0.717, 1.165) is 22.9 Å². The van der Waals surface area contributed by atoms with Crippen molar-refractivity contribution in [3.63, 3.8) is 0 Å². The molecule has 0 amide bonds. The summed E-state index contributed by atoms with van der Waals surface area (Å²) in [5.74, 6) is 0.600. The van der Waals surface area contributed by atoms with Crippen LogP contribution in [-0.2, 0) is 0 Å². The van der Waals surface area contributed by atoms with Crippen LogP contribution in [0.2, 0.25) is 0 Å². The Kier molecular flexibility index (Phi) is 4.97. The summed E-state index contributed by atoms with van der Waals surface area (Å²) in [5.41, 5.74) is 1.37. The number of thioether (sulfide) groups is 1. The third kappa shape index (κ3) is 3.48. The van der Waals surface area contributed by atoms with Gasteiger partial charge >= 0.3 is 5.97 Å². The van der Waals surface area contributed by atoms with Crippen LogP contribution in [0.1, 0.15) is 44.0 Å². The van der Waals surface area contributed by atoms with E-state index in [4.69, 9.17) is 0 Å². The molecule has 1 saturated carbocycles. The number of benzene rings is 1. The molecule has 2 rings (SSSR count). The highest BCUT2D eigenvalue weighted by molar-refractivity contribution is 7.99. The third-order valence-electron chi connectivity index (χ3n) is 3.38. The van der Waals surface area contributed by atoms with Crippen molar-refractivity contribution in [3.05, 3.63) is 23.8 Å². The fraction of sp³-hybridized carbons (Fsp3) is 0.562. The molecule has 0 aromatic heterocycles. The van der Waals surface area contributed by atoms with Crippen LogP contribution in [0.3, 0.4) is 0 Å². The van der Waals surface area contributed by atoms with Crippen LogP contribution in [0.4, 0.5) is 5.69 Å². The lowest BCUT2D eigenvalue weighted by molar-refractivity contribution is 0.0693. The highest BCUT2D eigenvalue weighted by atomic mass is 32.2. The van der Waals surface area contributed by atoms with Crippen molar-refractivity contribution in [1.29, 1.82) is 0 Å². The first-order valence-corrected chi connectivity index (χ1v) is 8.28. The van der Waals surface area contributed by atoms with Gasteiger partial charge in [0, 0.05) is 17.5 Å². The van der Waals surface area contributed by atoms with E-state index < -0.39 is 5.97 Å². The number of anilines is 1. The Morgan fingerprint density at radius 1 is 1.45 bits per heavy atom. The minimum atomic E-state index is -0.814. The molecule has 110 valence electrons. The highest BCUT2D eigenvalue weighted by Gasteiger charge is 2.32. The molecule has 1 aromatic rings. The molecule has 0 bridgehead atoms. The Bertz CT molecular complexity index is 483. The van der Waals surface area contributed by atoms with Gasteiger partial charge in [0.2, 0.25) is 0 Å². The highest BCUT2D eigenvalue weighted by Crippen LogP contribution is 2.37. The summed E-state index contributed by atoms with van der Waals surface area (Å²) in [4.78, 5) is 14.9. The van der Waals surface area contributed by atoms with Crippen molar-refractivity contribution in [2.45, 2.75) is 44.6 Å². The van der Waals surface area contributed by atoms with Crippen LogP contribution < -0.4 is 4.90 Å². The van der Waals surface area contributed by atoms with E-state index in [9.17, 15) is 9.90 Å². The second-order valence-electron chi connectivity index (χ2n) is 5.67. The summed E-state index contributed by atoms with van der Waals surface area (Å²) in [5, 5.41) is 9.62. The monoisotopic (exact) mass is 293 g/mol. The van der Waals surface area contributed by atoms with E-state index in [2.05, 4.69) is 25.7 Å². The smallest absolute Gasteiger partial charge is 0.338 e. The average Bonchev–Trinajstić information content (AvgIpc) is 3.19. The molecule has 4 heteroatoms. The van der Waals surface area contributed by atoms with Crippen molar-refractivity contribution in [2.75, 3.05) is 17.2 Å². The fourth-order valence-electron chi connectivity index (χ4n) is 2.47. The number of rotatable bonds is 7. The van der Waals surface area contributed by atoms with Crippen molar-refractivity contribution >= 4 is 23.4 Å². The van der Waals surface area contributed by atoms with Crippen molar-refractivity contribution < 1.29 is 9.90 Å². The van der Waals surface area contributed by atoms with Crippen molar-refractivity contribution in [1.82, 2.24) is 0 Å². The SMILES string of the molecule is CCSc1cccc(N(CC(C)C)C2CC2)c1C(=O)O. The Morgan fingerprint density at radius 2 is 2.15 bits per heavy atom. The van der Waals surface area contributed by atoms with Gasteiger partial charge < -0.3 is 10.0 Å². The van der Waals surface area contributed by atoms with Gasteiger partial charge in [-0.15, -0.1) is 11.8 Å². The molecule has 1 N–H and O–H groups in total. The zero-order chi connectivity index (χ0) is 14.7. The number of aromatic carboxylic acids is 1. The second-order valence-corrected chi connectivity index (χ2v) is 6.97. The quantitative estimate of drug-likeness (QED) is 0.768. The molecule has 1 fully saturated rings. The lowest BCUT2D eigenvalue weighted by atomic mass is 10.1. The molecular formula is C16H23NO2S. The van der Waals surface area contributed by atoms with Crippen LogP contribution in [0.25, 0.3) is 0 Å². The minimum Gasteiger partial charge on any atom is -0.478 e.